The van der Waals surface area contributed by atoms with Crippen LogP contribution in [0.25, 0.3) is 58.6 Å². The van der Waals surface area contributed by atoms with Crippen LogP contribution in [0.5, 0.6) is 0 Å². The molecule has 3 heterocycles. The van der Waals surface area contributed by atoms with Crippen molar-refractivity contribution in [2.75, 3.05) is 0 Å². The molecule has 7 rings (SSSR count). The van der Waals surface area contributed by atoms with Crippen LogP contribution in [0.3, 0.4) is 0 Å². The Kier molecular flexibility index (Phi) is 3.18. The number of hydrogen-bond donors (Lipinski definition) is 0. The lowest BCUT2D eigenvalue weighted by atomic mass is 10.1. The molecule has 3 heteroatoms. The van der Waals surface area contributed by atoms with Crippen LogP contribution >= 0.6 is 11.3 Å². The minimum absolute atomic E-state index is 1.08. The Morgan fingerprint density at radius 3 is 2.23 bits per heavy atom. The smallest absolute Gasteiger partial charge is 0.0902 e. The third-order valence-corrected chi connectivity index (χ3v) is 7.22. The molecule has 0 spiro atoms. The number of benzene rings is 4. The Labute approximate surface area is 176 Å². The summed E-state index contributed by atoms with van der Waals surface area (Å²) in [5.74, 6) is 0. The van der Waals surface area contributed by atoms with Crippen molar-refractivity contribution in [3.8, 4) is 5.69 Å². The van der Waals surface area contributed by atoms with Gasteiger partial charge in [0, 0.05) is 43.5 Å². The lowest BCUT2D eigenvalue weighted by Crippen LogP contribution is -1.94. The number of thiophene rings is 1. The Balaban J connectivity index is 1.73. The summed E-state index contributed by atoms with van der Waals surface area (Å²) in [5.41, 5.74) is 4.70. The van der Waals surface area contributed by atoms with Crippen molar-refractivity contribution >= 4 is 64.2 Å². The molecule has 30 heavy (non-hydrogen) atoms. The van der Waals surface area contributed by atoms with E-state index >= 15 is 0 Å². The van der Waals surface area contributed by atoms with Gasteiger partial charge in [0.05, 0.1) is 21.3 Å². The van der Waals surface area contributed by atoms with Crippen LogP contribution in [0.1, 0.15) is 0 Å². The summed E-state index contributed by atoms with van der Waals surface area (Å²) in [6.45, 7) is 0. The van der Waals surface area contributed by atoms with Gasteiger partial charge in [0.15, 0.2) is 0 Å². The number of pyridine rings is 1. The van der Waals surface area contributed by atoms with Gasteiger partial charge in [0.25, 0.3) is 0 Å². The first-order valence-corrected chi connectivity index (χ1v) is 10.9. The SMILES string of the molecule is c1ccc(-n2c3ccccc3c3cnc4c(ccc5c6ccccc6sc54)c32)cc1. The van der Waals surface area contributed by atoms with Crippen molar-refractivity contribution in [2.24, 2.45) is 0 Å². The van der Waals surface area contributed by atoms with Gasteiger partial charge in [-0.2, -0.15) is 0 Å². The number of rotatable bonds is 1. The van der Waals surface area contributed by atoms with E-state index in [4.69, 9.17) is 4.98 Å². The fourth-order valence-corrected chi connectivity index (χ4v) is 5.93. The fourth-order valence-electron chi connectivity index (χ4n) is 4.73. The summed E-state index contributed by atoms with van der Waals surface area (Å²) < 4.78 is 4.96. The maximum atomic E-state index is 4.99. The zero-order chi connectivity index (χ0) is 19.7. The average Bonchev–Trinajstić information content (AvgIpc) is 3.36. The zero-order valence-electron chi connectivity index (χ0n) is 16.0. The number of hydrogen-bond acceptors (Lipinski definition) is 2. The van der Waals surface area contributed by atoms with Crippen LogP contribution in [-0.4, -0.2) is 9.55 Å². The van der Waals surface area contributed by atoms with Crippen molar-refractivity contribution in [1.82, 2.24) is 9.55 Å². The first-order valence-electron chi connectivity index (χ1n) is 10.1. The molecule has 0 fully saturated rings. The Morgan fingerprint density at radius 2 is 1.33 bits per heavy atom. The second-order valence-corrected chi connectivity index (χ2v) is 8.70. The third kappa shape index (κ3) is 2.05. The highest BCUT2D eigenvalue weighted by molar-refractivity contribution is 7.26. The van der Waals surface area contributed by atoms with Crippen LogP contribution in [0.4, 0.5) is 0 Å². The van der Waals surface area contributed by atoms with Gasteiger partial charge < -0.3 is 4.57 Å². The van der Waals surface area contributed by atoms with E-state index in [1.165, 1.54) is 53.1 Å². The monoisotopic (exact) mass is 400 g/mol. The first-order chi connectivity index (χ1) is 14.9. The summed E-state index contributed by atoms with van der Waals surface area (Å²) in [4.78, 5) is 4.99. The van der Waals surface area contributed by atoms with Crippen molar-refractivity contribution < 1.29 is 0 Å². The van der Waals surface area contributed by atoms with E-state index in [0.717, 1.165) is 5.52 Å². The molecule has 0 saturated carbocycles. The van der Waals surface area contributed by atoms with E-state index in [0.29, 0.717) is 0 Å². The van der Waals surface area contributed by atoms with Gasteiger partial charge in [-0.15, -0.1) is 11.3 Å². The summed E-state index contributed by atoms with van der Waals surface area (Å²) >= 11 is 1.84. The molecule has 0 unspecified atom stereocenters. The van der Waals surface area contributed by atoms with Crippen molar-refractivity contribution in [2.45, 2.75) is 0 Å². The normalized spacial score (nSPS) is 12.0. The number of aromatic nitrogens is 2. The molecule has 4 aromatic carbocycles. The van der Waals surface area contributed by atoms with E-state index < -0.39 is 0 Å². The summed E-state index contributed by atoms with van der Waals surface area (Å²) in [7, 11) is 0. The van der Waals surface area contributed by atoms with Gasteiger partial charge in [-0.3, -0.25) is 4.98 Å². The summed E-state index contributed by atoms with van der Waals surface area (Å²) in [6, 6.07) is 32.4. The topological polar surface area (TPSA) is 17.8 Å². The lowest BCUT2D eigenvalue weighted by Gasteiger charge is -2.09. The molecule has 140 valence electrons. The number of nitrogens with zero attached hydrogens (tertiary/aromatic N) is 2. The molecule has 0 saturated heterocycles. The largest absolute Gasteiger partial charge is 0.309 e. The Hall–Kier alpha value is -3.69. The van der Waals surface area contributed by atoms with Gasteiger partial charge in [-0.25, -0.2) is 0 Å². The third-order valence-electron chi connectivity index (χ3n) is 6.03. The minimum Gasteiger partial charge on any atom is -0.309 e. The molecular weight excluding hydrogens is 384 g/mol. The second kappa shape index (κ2) is 5.91. The van der Waals surface area contributed by atoms with E-state index in [2.05, 4.69) is 102 Å². The van der Waals surface area contributed by atoms with Crippen LogP contribution in [0.15, 0.2) is 97.2 Å². The van der Waals surface area contributed by atoms with Crippen LogP contribution in [0, 0.1) is 0 Å². The van der Waals surface area contributed by atoms with E-state index in [-0.39, 0.29) is 0 Å². The molecule has 7 aromatic rings. The molecule has 0 atom stereocenters. The van der Waals surface area contributed by atoms with E-state index in [9.17, 15) is 0 Å². The maximum Gasteiger partial charge on any atom is 0.0902 e. The fraction of sp³-hybridized carbons (Fsp3) is 0. The zero-order valence-corrected chi connectivity index (χ0v) is 16.9. The average molecular weight is 401 g/mol. The van der Waals surface area contributed by atoms with E-state index in [1.54, 1.807) is 0 Å². The quantitative estimate of drug-likeness (QED) is 0.276. The van der Waals surface area contributed by atoms with Crippen LogP contribution < -0.4 is 0 Å². The number of para-hydroxylation sites is 2. The van der Waals surface area contributed by atoms with Gasteiger partial charge in [0.2, 0.25) is 0 Å². The minimum atomic E-state index is 1.08. The summed E-state index contributed by atoms with van der Waals surface area (Å²) in [5, 5.41) is 6.23. The summed E-state index contributed by atoms with van der Waals surface area (Å²) in [6.07, 6.45) is 2.06. The molecule has 3 aromatic heterocycles. The molecule has 2 nitrogen and oxygen atoms in total. The molecule has 0 radical (unpaired) electrons. The highest BCUT2D eigenvalue weighted by atomic mass is 32.1. The Bertz CT molecular complexity index is 1740. The predicted molar refractivity (Wildman–Crippen MR) is 129 cm³/mol. The first kappa shape index (κ1) is 16.1. The predicted octanol–water partition coefficient (Wildman–Crippen LogP) is 7.70. The Morgan fingerprint density at radius 1 is 0.600 bits per heavy atom. The van der Waals surface area contributed by atoms with Gasteiger partial charge in [-0.05, 0) is 30.3 Å². The maximum absolute atomic E-state index is 4.99. The van der Waals surface area contributed by atoms with Crippen molar-refractivity contribution in [3.63, 3.8) is 0 Å². The van der Waals surface area contributed by atoms with Gasteiger partial charge in [-0.1, -0.05) is 60.7 Å². The lowest BCUT2D eigenvalue weighted by molar-refractivity contribution is 1.18. The second-order valence-electron chi connectivity index (χ2n) is 7.65. The van der Waals surface area contributed by atoms with Gasteiger partial charge in [0.1, 0.15) is 0 Å². The highest BCUT2D eigenvalue weighted by Gasteiger charge is 2.17. The van der Waals surface area contributed by atoms with Crippen molar-refractivity contribution in [3.05, 3.63) is 97.2 Å². The molecule has 0 amide bonds. The van der Waals surface area contributed by atoms with Crippen molar-refractivity contribution in [1.29, 1.82) is 0 Å². The van der Waals surface area contributed by atoms with Gasteiger partial charge >= 0.3 is 0 Å². The molecular formula is C27H16N2S. The standard InChI is InChI=1S/C27H16N2S/c1-2-8-17(9-3-1)29-23-12-6-4-10-18(23)22-16-28-25-21(26(22)29)15-14-20-19-11-5-7-13-24(19)30-27(20)25/h1-16H. The molecule has 0 aliphatic rings. The highest BCUT2D eigenvalue weighted by Crippen LogP contribution is 2.41. The van der Waals surface area contributed by atoms with Crippen LogP contribution in [0.2, 0.25) is 0 Å². The molecule has 0 N–H and O–H groups in total. The molecule has 0 bridgehead atoms. The molecule has 0 aliphatic heterocycles. The molecule has 0 aliphatic carbocycles. The van der Waals surface area contributed by atoms with Crippen LogP contribution in [-0.2, 0) is 0 Å². The number of fused-ring (bicyclic) bond motifs is 9. The van der Waals surface area contributed by atoms with E-state index in [1.807, 2.05) is 11.3 Å².